The van der Waals surface area contributed by atoms with Crippen molar-refractivity contribution in [3.05, 3.63) is 35.9 Å². The van der Waals surface area contributed by atoms with Crippen LogP contribution in [0.5, 0.6) is 0 Å². The first-order valence-electron chi connectivity index (χ1n) is 11.4. The lowest BCUT2D eigenvalue weighted by Gasteiger charge is -2.33. The van der Waals surface area contributed by atoms with Crippen LogP contribution in [0.4, 0.5) is 0 Å². The lowest BCUT2D eigenvalue weighted by atomic mass is 10.0. The van der Waals surface area contributed by atoms with Crippen LogP contribution in [0.2, 0.25) is 0 Å². The minimum Gasteiger partial charge on any atom is -0.382 e. The van der Waals surface area contributed by atoms with Gasteiger partial charge in [-0.3, -0.25) is 19.2 Å². The van der Waals surface area contributed by atoms with E-state index in [0.29, 0.717) is 45.2 Å². The Morgan fingerprint density at radius 3 is 2.30 bits per heavy atom. The zero-order valence-corrected chi connectivity index (χ0v) is 18.9. The van der Waals surface area contributed by atoms with Gasteiger partial charge >= 0.3 is 0 Å². The molecule has 1 unspecified atom stereocenters. The third-order valence-electron chi connectivity index (χ3n) is 6.42. The summed E-state index contributed by atoms with van der Waals surface area (Å²) in [6, 6.07) is 6.21. The van der Waals surface area contributed by atoms with Gasteiger partial charge in [-0.05, 0) is 44.6 Å². The standard InChI is InChI=1S/C23H33N5O5/c1-14(20(25)30)26-21(31)17-9-5-11-27(17)22(32)18-10-6-12-28(18)23(33)19(29)16(24)13-15-7-3-2-4-8-15/h2-4,7-8,14,16-19,29H,5-6,9-13,24H2,1H3,(H2,25,30)(H,26,31)/t14-,16+,17-,18?,19-/m0/s1. The Balaban J connectivity index is 1.65. The summed E-state index contributed by atoms with van der Waals surface area (Å²) < 4.78 is 0. The molecule has 2 heterocycles. The van der Waals surface area contributed by atoms with Crippen molar-refractivity contribution in [3.63, 3.8) is 0 Å². The summed E-state index contributed by atoms with van der Waals surface area (Å²) in [5, 5.41) is 13.2. The van der Waals surface area contributed by atoms with Crippen molar-refractivity contribution in [3.8, 4) is 0 Å². The quantitative estimate of drug-likeness (QED) is 0.386. The van der Waals surface area contributed by atoms with E-state index in [1.807, 2.05) is 30.3 Å². The van der Waals surface area contributed by atoms with E-state index < -0.39 is 48.0 Å². The van der Waals surface area contributed by atoms with Crippen LogP contribution < -0.4 is 16.8 Å². The predicted molar refractivity (Wildman–Crippen MR) is 120 cm³/mol. The highest BCUT2D eigenvalue weighted by Crippen LogP contribution is 2.26. The van der Waals surface area contributed by atoms with Gasteiger partial charge in [-0.25, -0.2) is 0 Å². The van der Waals surface area contributed by atoms with E-state index in [1.54, 1.807) is 0 Å². The minimum atomic E-state index is -1.44. The van der Waals surface area contributed by atoms with Crippen LogP contribution in [0.1, 0.15) is 38.2 Å². The van der Waals surface area contributed by atoms with Gasteiger partial charge in [0.2, 0.25) is 17.7 Å². The Morgan fingerprint density at radius 2 is 1.67 bits per heavy atom. The Bertz CT molecular complexity index is 879. The Kier molecular flexibility index (Phi) is 8.04. The number of amides is 4. The molecule has 0 bridgehead atoms. The number of nitrogens with one attached hydrogen (secondary N) is 1. The summed E-state index contributed by atoms with van der Waals surface area (Å²) in [7, 11) is 0. The molecule has 10 heteroatoms. The van der Waals surface area contributed by atoms with Crippen molar-refractivity contribution in [1.82, 2.24) is 15.1 Å². The van der Waals surface area contributed by atoms with Gasteiger partial charge in [0, 0.05) is 19.1 Å². The van der Waals surface area contributed by atoms with Crippen molar-refractivity contribution < 1.29 is 24.3 Å². The Labute approximate surface area is 193 Å². The van der Waals surface area contributed by atoms with Crippen LogP contribution in [-0.2, 0) is 25.6 Å². The van der Waals surface area contributed by atoms with E-state index in [4.69, 9.17) is 11.5 Å². The number of carbonyl (C=O) groups excluding carboxylic acids is 4. The van der Waals surface area contributed by atoms with Crippen molar-refractivity contribution in [1.29, 1.82) is 0 Å². The molecule has 33 heavy (non-hydrogen) atoms. The molecule has 10 nitrogen and oxygen atoms in total. The van der Waals surface area contributed by atoms with E-state index >= 15 is 0 Å². The lowest BCUT2D eigenvalue weighted by molar-refractivity contribution is -0.151. The zero-order chi connectivity index (χ0) is 24.1. The first kappa shape index (κ1) is 24.7. The molecule has 2 aliphatic heterocycles. The van der Waals surface area contributed by atoms with Crippen LogP contribution in [-0.4, -0.2) is 81.9 Å². The fraction of sp³-hybridized carbons (Fsp3) is 0.565. The predicted octanol–water partition coefficient (Wildman–Crippen LogP) is -1.11. The summed E-state index contributed by atoms with van der Waals surface area (Å²) in [6.07, 6.45) is 1.06. The van der Waals surface area contributed by atoms with Gasteiger partial charge in [-0.15, -0.1) is 0 Å². The molecule has 4 amide bonds. The number of hydrogen-bond acceptors (Lipinski definition) is 6. The largest absolute Gasteiger partial charge is 0.382 e. The second-order valence-corrected chi connectivity index (χ2v) is 8.81. The number of rotatable bonds is 8. The lowest BCUT2D eigenvalue weighted by Crippen LogP contribution is -2.57. The monoisotopic (exact) mass is 459 g/mol. The fourth-order valence-corrected chi connectivity index (χ4v) is 4.51. The molecule has 1 aromatic carbocycles. The number of aliphatic hydroxyl groups excluding tert-OH is 1. The molecule has 3 rings (SSSR count). The molecule has 5 atom stereocenters. The third-order valence-corrected chi connectivity index (χ3v) is 6.42. The number of aliphatic hydroxyl groups is 1. The van der Waals surface area contributed by atoms with Crippen molar-refractivity contribution >= 4 is 23.6 Å². The molecule has 2 aliphatic rings. The minimum absolute atomic E-state index is 0.325. The van der Waals surface area contributed by atoms with Crippen LogP contribution >= 0.6 is 0 Å². The second-order valence-electron chi connectivity index (χ2n) is 8.81. The van der Waals surface area contributed by atoms with E-state index in [0.717, 1.165) is 5.56 Å². The van der Waals surface area contributed by atoms with Crippen LogP contribution in [0.15, 0.2) is 30.3 Å². The molecule has 0 radical (unpaired) electrons. The van der Waals surface area contributed by atoms with Crippen molar-refractivity contribution in [2.75, 3.05) is 13.1 Å². The molecule has 2 saturated heterocycles. The maximum atomic E-state index is 13.3. The van der Waals surface area contributed by atoms with Crippen molar-refractivity contribution in [2.45, 2.75) is 69.3 Å². The summed E-state index contributed by atoms with van der Waals surface area (Å²) in [6.45, 7) is 2.21. The SMILES string of the molecule is C[C@H](NC(=O)[C@@H]1CCCN1C(=O)C1CCCN1C(=O)[C@@H](O)[C@H](N)Cc1ccccc1)C(N)=O. The Hall–Kier alpha value is -2.98. The highest BCUT2D eigenvalue weighted by Gasteiger charge is 2.44. The van der Waals surface area contributed by atoms with E-state index in [-0.39, 0.29) is 5.91 Å². The highest BCUT2D eigenvalue weighted by atomic mass is 16.3. The van der Waals surface area contributed by atoms with E-state index in [1.165, 1.54) is 16.7 Å². The number of carbonyl (C=O) groups is 4. The second kappa shape index (κ2) is 10.8. The highest BCUT2D eigenvalue weighted by molar-refractivity contribution is 5.95. The molecule has 0 spiro atoms. The van der Waals surface area contributed by atoms with E-state index in [9.17, 15) is 24.3 Å². The van der Waals surface area contributed by atoms with Crippen LogP contribution in [0, 0.1) is 0 Å². The summed E-state index contributed by atoms with van der Waals surface area (Å²) in [5.74, 6) is -1.99. The molecule has 0 saturated carbocycles. The molecule has 180 valence electrons. The van der Waals surface area contributed by atoms with Gasteiger partial charge in [-0.1, -0.05) is 30.3 Å². The summed E-state index contributed by atoms with van der Waals surface area (Å²) in [4.78, 5) is 53.1. The molecular formula is C23H33N5O5. The molecule has 0 aliphatic carbocycles. The van der Waals surface area contributed by atoms with Gasteiger partial charge in [0.15, 0.2) is 0 Å². The van der Waals surface area contributed by atoms with Crippen molar-refractivity contribution in [2.24, 2.45) is 11.5 Å². The number of nitrogens with two attached hydrogens (primary N) is 2. The summed E-state index contributed by atoms with van der Waals surface area (Å²) in [5.41, 5.74) is 12.2. The van der Waals surface area contributed by atoms with Gasteiger partial charge in [0.1, 0.15) is 24.2 Å². The van der Waals surface area contributed by atoms with Crippen LogP contribution in [0.25, 0.3) is 0 Å². The number of hydrogen-bond donors (Lipinski definition) is 4. The smallest absolute Gasteiger partial charge is 0.253 e. The molecular weight excluding hydrogens is 426 g/mol. The number of nitrogens with zero attached hydrogens (tertiary/aromatic N) is 2. The first-order valence-corrected chi connectivity index (χ1v) is 11.4. The number of benzene rings is 1. The number of primary amides is 1. The average Bonchev–Trinajstić information content (AvgIpc) is 3.48. The number of likely N-dealkylation sites (tertiary alicyclic amines) is 2. The Morgan fingerprint density at radius 1 is 1.06 bits per heavy atom. The van der Waals surface area contributed by atoms with Gasteiger partial charge in [0.25, 0.3) is 5.91 Å². The fourth-order valence-electron chi connectivity index (χ4n) is 4.51. The molecule has 2 fully saturated rings. The topological polar surface area (TPSA) is 159 Å². The first-order chi connectivity index (χ1) is 15.7. The maximum Gasteiger partial charge on any atom is 0.253 e. The third kappa shape index (κ3) is 5.69. The van der Waals surface area contributed by atoms with Crippen LogP contribution in [0.3, 0.4) is 0 Å². The van der Waals surface area contributed by atoms with Gasteiger partial charge in [0.05, 0.1) is 0 Å². The average molecular weight is 460 g/mol. The molecule has 1 aromatic rings. The van der Waals surface area contributed by atoms with Gasteiger partial charge < -0.3 is 31.7 Å². The zero-order valence-electron chi connectivity index (χ0n) is 18.9. The molecule has 0 aromatic heterocycles. The van der Waals surface area contributed by atoms with Gasteiger partial charge in [-0.2, -0.15) is 0 Å². The van der Waals surface area contributed by atoms with E-state index in [2.05, 4.69) is 5.32 Å². The molecule has 6 N–H and O–H groups in total. The normalized spacial score (nSPS) is 23.1. The summed E-state index contributed by atoms with van der Waals surface area (Å²) >= 11 is 0. The maximum absolute atomic E-state index is 13.3.